The zero-order valence-corrected chi connectivity index (χ0v) is 25.4. The molecule has 0 aromatic heterocycles. The number of benzene rings is 3. The van der Waals surface area contributed by atoms with Crippen LogP contribution in [0.3, 0.4) is 0 Å². The van der Waals surface area contributed by atoms with Crippen molar-refractivity contribution in [2.75, 3.05) is 44.3 Å². The molecule has 8 nitrogen and oxygen atoms in total. The molecule has 0 radical (unpaired) electrons. The maximum atomic E-state index is 14.5. The van der Waals surface area contributed by atoms with Crippen molar-refractivity contribution in [2.24, 2.45) is 5.41 Å². The quantitative estimate of drug-likeness (QED) is 0.243. The van der Waals surface area contributed by atoms with Crippen LogP contribution in [0.1, 0.15) is 42.6 Å². The summed E-state index contributed by atoms with van der Waals surface area (Å²) in [6.45, 7) is 9.08. The maximum absolute atomic E-state index is 14.5. The van der Waals surface area contributed by atoms with Gasteiger partial charge in [-0.3, -0.25) is 4.90 Å². The van der Waals surface area contributed by atoms with E-state index in [1.165, 1.54) is 18.2 Å². The highest BCUT2D eigenvalue weighted by molar-refractivity contribution is 5.88. The number of hydrogen-bond acceptors (Lipinski definition) is 6. The third kappa shape index (κ3) is 8.25. The van der Waals surface area contributed by atoms with Crippen molar-refractivity contribution in [2.45, 2.75) is 39.4 Å². The Labute approximate surface area is 262 Å². The second-order valence-electron chi connectivity index (χ2n) is 11.2. The molecule has 2 fully saturated rings. The standard InChI is InChI=1S/C31H34F2N2O4.C2HF3O2/c1-3-38-27-15-21(16-28(39-4-2)29(27)22-5-8-24(32)9-6-22)18-34-13-11-31(12-14-34)19-35(20-31)26-10-7-23(30(36)37)17-25(26)33;3-2(4,5)1(6)7/h5-10,15-17H,3-4,11-14,18-20H2,1-2H3,(H,36,37);(H,6,7). The van der Waals surface area contributed by atoms with Crippen molar-refractivity contribution >= 4 is 17.6 Å². The predicted molar refractivity (Wildman–Crippen MR) is 160 cm³/mol. The maximum Gasteiger partial charge on any atom is 0.490 e. The fraction of sp³-hybridized carbons (Fsp3) is 0.394. The molecule has 2 aliphatic rings. The van der Waals surface area contributed by atoms with Crippen LogP contribution < -0.4 is 14.4 Å². The number of alkyl halides is 3. The molecule has 2 saturated heterocycles. The molecule has 0 atom stereocenters. The molecule has 0 amide bonds. The van der Waals surface area contributed by atoms with Gasteiger partial charge in [0.15, 0.2) is 0 Å². The first-order valence-electron chi connectivity index (χ1n) is 14.7. The number of aliphatic carboxylic acids is 1. The number of aromatic carboxylic acids is 1. The smallest absolute Gasteiger partial charge is 0.490 e. The summed E-state index contributed by atoms with van der Waals surface area (Å²) >= 11 is 0. The van der Waals surface area contributed by atoms with E-state index >= 15 is 0 Å². The van der Waals surface area contributed by atoms with E-state index in [1.54, 1.807) is 18.2 Å². The van der Waals surface area contributed by atoms with Crippen molar-refractivity contribution in [3.05, 3.63) is 77.4 Å². The number of carbonyl (C=O) groups is 2. The van der Waals surface area contributed by atoms with Crippen molar-refractivity contribution in [3.63, 3.8) is 0 Å². The number of likely N-dealkylation sites (tertiary alicyclic amines) is 1. The van der Waals surface area contributed by atoms with Crippen molar-refractivity contribution in [1.82, 2.24) is 4.90 Å². The molecule has 2 heterocycles. The Balaban J connectivity index is 0.000000617. The molecule has 2 aliphatic heterocycles. The molecule has 46 heavy (non-hydrogen) atoms. The highest BCUT2D eigenvalue weighted by Gasteiger charge is 2.45. The summed E-state index contributed by atoms with van der Waals surface area (Å²) < 4.78 is 71.9. The summed E-state index contributed by atoms with van der Waals surface area (Å²) in [7, 11) is 0. The van der Waals surface area contributed by atoms with Gasteiger partial charge in [0, 0.05) is 25.0 Å². The Morgan fingerprint density at radius 1 is 0.870 bits per heavy atom. The lowest BCUT2D eigenvalue weighted by molar-refractivity contribution is -0.192. The van der Waals surface area contributed by atoms with Crippen LogP contribution >= 0.6 is 0 Å². The van der Waals surface area contributed by atoms with E-state index in [2.05, 4.69) is 17.0 Å². The normalized spacial score (nSPS) is 15.8. The van der Waals surface area contributed by atoms with Crippen molar-refractivity contribution < 1.29 is 51.2 Å². The average Bonchev–Trinajstić information content (AvgIpc) is 2.97. The number of piperidine rings is 1. The lowest BCUT2D eigenvalue weighted by Gasteiger charge is -2.55. The van der Waals surface area contributed by atoms with Gasteiger partial charge in [-0.05, 0) is 93.4 Å². The molecule has 13 heteroatoms. The van der Waals surface area contributed by atoms with Gasteiger partial charge in [0.1, 0.15) is 23.1 Å². The number of hydrogen-bond donors (Lipinski definition) is 2. The van der Waals surface area contributed by atoms with Gasteiger partial charge in [-0.25, -0.2) is 18.4 Å². The second kappa shape index (κ2) is 14.4. The first kappa shape index (κ1) is 34.5. The average molecular weight is 651 g/mol. The van der Waals surface area contributed by atoms with E-state index in [9.17, 15) is 26.7 Å². The molecule has 0 saturated carbocycles. The number of rotatable bonds is 9. The van der Waals surface area contributed by atoms with E-state index in [0.29, 0.717) is 18.9 Å². The van der Waals surface area contributed by atoms with Crippen molar-refractivity contribution in [1.29, 1.82) is 0 Å². The van der Waals surface area contributed by atoms with Gasteiger partial charge in [-0.15, -0.1) is 0 Å². The van der Waals surface area contributed by atoms with Gasteiger partial charge in [-0.2, -0.15) is 13.2 Å². The Kier molecular flexibility index (Phi) is 10.8. The van der Waals surface area contributed by atoms with Crippen LogP contribution in [0.2, 0.25) is 0 Å². The lowest BCUT2D eigenvalue weighted by atomic mass is 9.71. The van der Waals surface area contributed by atoms with Crippen molar-refractivity contribution in [3.8, 4) is 22.6 Å². The molecule has 3 aromatic rings. The van der Waals surface area contributed by atoms with Gasteiger partial charge in [0.25, 0.3) is 0 Å². The summed E-state index contributed by atoms with van der Waals surface area (Å²) in [5.74, 6) is -3.20. The predicted octanol–water partition coefficient (Wildman–Crippen LogP) is 6.86. The van der Waals surface area contributed by atoms with Gasteiger partial charge in [-0.1, -0.05) is 12.1 Å². The van der Waals surface area contributed by atoms with E-state index in [-0.39, 0.29) is 16.8 Å². The second-order valence-corrected chi connectivity index (χ2v) is 11.2. The third-order valence-electron chi connectivity index (χ3n) is 8.01. The first-order chi connectivity index (χ1) is 21.7. The summed E-state index contributed by atoms with van der Waals surface area (Å²) in [5.41, 5.74) is 3.37. The zero-order valence-electron chi connectivity index (χ0n) is 25.4. The molecule has 0 aliphatic carbocycles. The van der Waals surface area contributed by atoms with Crippen LogP contribution in [0.4, 0.5) is 27.6 Å². The number of anilines is 1. The Morgan fingerprint density at radius 3 is 1.87 bits per heavy atom. The monoisotopic (exact) mass is 650 g/mol. The number of nitrogens with zero attached hydrogens (tertiary/aromatic N) is 2. The SMILES string of the molecule is CCOc1cc(CN2CCC3(CC2)CN(c2ccc(C(=O)O)cc2F)C3)cc(OCC)c1-c1ccc(F)cc1.O=C(O)C(F)(F)F. The molecule has 3 aromatic carbocycles. The van der Waals surface area contributed by atoms with E-state index in [1.807, 2.05) is 18.7 Å². The molecular formula is C33H35F5N2O6. The van der Waals surface area contributed by atoms with Crippen LogP contribution in [-0.4, -0.2) is 72.6 Å². The Bertz CT molecular complexity index is 1500. The van der Waals surface area contributed by atoms with Crippen LogP contribution in [0.5, 0.6) is 11.5 Å². The highest BCUT2D eigenvalue weighted by Crippen LogP contribution is 2.44. The number of carboxylic acids is 2. The minimum Gasteiger partial charge on any atom is -0.493 e. The topological polar surface area (TPSA) is 99.5 Å². The van der Waals surface area contributed by atoms with E-state index < -0.39 is 23.9 Å². The van der Waals surface area contributed by atoms with E-state index in [4.69, 9.17) is 24.5 Å². The molecule has 0 unspecified atom stereocenters. The third-order valence-corrected chi connectivity index (χ3v) is 8.01. The van der Waals surface area contributed by atoms with Crippen LogP contribution in [0, 0.1) is 17.0 Å². The van der Waals surface area contributed by atoms with Gasteiger partial charge >= 0.3 is 18.1 Å². The summed E-state index contributed by atoms with van der Waals surface area (Å²) in [6, 6.07) is 14.6. The van der Waals surface area contributed by atoms with Gasteiger partial charge < -0.3 is 24.6 Å². The van der Waals surface area contributed by atoms with Crippen LogP contribution in [0.25, 0.3) is 11.1 Å². The molecular weight excluding hydrogens is 615 g/mol. The molecule has 5 rings (SSSR count). The van der Waals surface area contributed by atoms with Gasteiger partial charge in [0.2, 0.25) is 0 Å². The number of halogens is 5. The lowest BCUT2D eigenvalue weighted by Crippen LogP contribution is -2.60. The molecule has 0 bridgehead atoms. The highest BCUT2D eigenvalue weighted by atomic mass is 19.4. The zero-order chi connectivity index (χ0) is 33.6. The Morgan fingerprint density at radius 2 is 1.41 bits per heavy atom. The minimum absolute atomic E-state index is 0.0366. The Hall–Kier alpha value is -4.39. The molecule has 248 valence electrons. The summed E-state index contributed by atoms with van der Waals surface area (Å²) in [4.78, 5) is 24.4. The summed E-state index contributed by atoms with van der Waals surface area (Å²) in [5, 5.41) is 16.2. The largest absolute Gasteiger partial charge is 0.493 e. The number of ether oxygens (including phenoxy) is 2. The fourth-order valence-corrected chi connectivity index (χ4v) is 5.77. The fourth-order valence-electron chi connectivity index (χ4n) is 5.77. The number of carboxylic acid groups (broad SMARTS) is 2. The van der Waals surface area contributed by atoms with Crippen LogP contribution in [-0.2, 0) is 11.3 Å². The molecule has 2 N–H and O–H groups in total. The first-order valence-corrected chi connectivity index (χ1v) is 14.7. The van der Waals surface area contributed by atoms with E-state index in [0.717, 1.165) is 79.8 Å². The summed E-state index contributed by atoms with van der Waals surface area (Å²) in [6.07, 6.45) is -3.05. The molecule has 1 spiro atoms. The minimum atomic E-state index is -5.08. The van der Waals surface area contributed by atoms with Gasteiger partial charge in [0.05, 0.1) is 30.0 Å². The van der Waals surface area contributed by atoms with Crippen LogP contribution in [0.15, 0.2) is 54.6 Å².